The Balaban J connectivity index is 1.58. The fourth-order valence-corrected chi connectivity index (χ4v) is 3.24. The predicted octanol–water partition coefficient (Wildman–Crippen LogP) is 3.29. The van der Waals surface area contributed by atoms with E-state index in [2.05, 4.69) is 12.2 Å². The van der Waals surface area contributed by atoms with Crippen LogP contribution in [-0.2, 0) is 0 Å². The van der Waals surface area contributed by atoms with Gasteiger partial charge in [-0.2, -0.15) is 0 Å². The lowest BCUT2D eigenvalue weighted by molar-refractivity contribution is 0.0761. The minimum Gasteiger partial charge on any atom is -0.472 e. The van der Waals surface area contributed by atoms with E-state index >= 15 is 0 Å². The molecule has 1 aromatic heterocycles. The van der Waals surface area contributed by atoms with Gasteiger partial charge in [0.05, 0.1) is 17.9 Å². The van der Waals surface area contributed by atoms with Crippen LogP contribution in [0, 0.1) is 0 Å². The van der Waals surface area contributed by atoms with Crippen molar-refractivity contribution in [1.82, 2.24) is 15.1 Å². The number of nitrogens with zero attached hydrogens (tertiary/aromatic N) is 2. The molecule has 0 saturated carbocycles. The summed E-state index contributed by atoms with van der Waals surface area (Å²) >= 11 is 0. The summed E-state index contributed by atoms with van der Waals surface area (Å²) < 4.78 is 4.99. The van der Waals surface area contributed by atoms with Crippen LogP contribution in [0.1, 0.15) is 41.7 Å². The summed E-state index contributed by atoms with van der Waals surface area (Å²) in [4.78, 5) is 28.7. The quantitative estimate of drug-likeness (QED) is 0.915. The van der Waals surface area contributed by atoms with Crippen molar-refractivity contribution in [2.45, 2.75) is 25.8 Å². The molecule has 0 unspecified atom stereocenters. The normalized spacial score (nSPS) is 16.0. The minimum atomic E-state index is -0.0710. The molecule has 0 spiro atoms. The molecule has 1 aliphatic rings. The smallest absolute Gasteiger partial charge is 0.317 e. The number of urea groups is 1. The molecule has 0 bridgehead atoms. The minimum absolute atomic E-state index is 0.00406. The van der Waals surface area contributed by atoms with Crippen molar-refractivity contribution in [3.63, 3.8) is 0 Å². The highest BCUT2D eigenvalue weighted by Crippen LogP contribution is 2.17. The molecule has 2 aromatic rings. The molecule has 1 aromatic carbocycles. The summed E-state index contributed by atoms with van der Waals surface area (Å²) in [6.07, 6.45) is 4.55. The van der Waals surface area contributed by atoms with Gasteiger partial charge in [0.1, 0.15) is 6.26 Å². The summed E-state index contributed by atoms with van der Waals surface area (Å²) in [6.45, 7) is 4.40. The Morgan fingerprint density at radius 2 is 1.81 bits per heavy atom. The van der Waals surface area contributed by atoms with Gasteiger partial charge in [0, 0.05) is 26.2 Å². The zero-order chi connectivity index (χ0) is 18.4. The molecule has 138 valence electrons. The molecule has 0 aliphatic carbocycles. The highest BCUT2D eigenvalue weighted by Gasteiger charge is 2.24. The molecule has 2 heterocycles. The second-order valence-electron chi connectivity index (χ2n) is 6.47. The molecule has 6 heteroatoms. The highest BCUT2D eigenvalue weighted by atomic mass is 16.3. The average molecular weight is 355 g/mol. The Bertz CT molecular complexity index is 715. The molecule has 6 nitrogen and oxygen atoms in total. The first-order valence-corrected chi connectivity index (χ1v) is 9.11. The van der Waals surface area contributed by atoms with E-state index in [-0.39, 0.29) is 18.0 Å². The van der Waals surface area contributed by atoms with Crippen LogP contribution in [0.3, 0.4) is 0 Å². The number of amides is 3. The molecule has 3 amide bonds. The van der Waals surface area contributed by atoms with Gasteiger partial charge in [-0.3, -0.25) is 4.79 Å². The first-order valence-electron chi connectivity index (χ1n) is 9.11. The SMILES string of the molecule is CC[C@H](NC(=O)N1CCCN(C(=O)c2ccoc2)CC1)c1ccccc1. The third kappa shape index (κ3) is 4.25. The van der Waals surface area contributed by atoms with E-state index in [4.69, 9.17) is 4.42 Å². The maximum atomic E-state index is 12.7. The largest absolute Gasteiger partial charge is 0.472 e. The number of hydrogen-bond donors (Lipinski definition) is 1. The number of furan rings is 1. The van der Waals surface area contributed by atoms with Crippen LogP contribution in [-0.4, -0.2) is 47.9 Å². The standard InChI is InChI=1S/C20H25N3O3/c1-2-18(16-7-4-3-5-8-16)21-20(25)23-11-6-10-22(12-13-23)19(24)17-9-14-26-15-17/h3-5,7-9,14-15,18H,2,6,10-13H2,1H3,(H,21,25)/t18-/m0/s1. The van der Waals surface area contributed by atoms with Crippen LogP contribution < -0.4 is 5.32 Å². The van der Waals surface area contributed by atoms with Gasteiger partial charge < -0.3 is 19.5 Å². The molecule has 26 heavy (non-hydrogen) atoms. The number of carbonyl (C=O) groups is 2. The fraction of sp³-hybridized carbons (Fsp3) is 0.400. The molecule has 0 radical (unpaired) electrons. The Hall–Kier alpha value is -2.76. The summed E-state index contributed by atoms with van der Waals surface area (Å²) in [5.41, 5.74) is 1.66. The van der Waals surface area contributed by atoms with Gasteiger partial charge in [-0.1, -0.05) is 37.3 Å². The van der Waals surface area contributed by atoms with Crippen molar-refractivity contribution < 1.29 is 14.0 Å². The zero-order valence-corrected chi connectivity index (χ0v) is 15.1. The van der Waals surface area contributed by atoms with E-state index in [0.29, 0.717) is 31.7 Å². The van der Waals surface area contributed by atoms with Gasteiger partial charge in [-0.15, -0.1) is 0 Å². The van der Waals surface area contributed by atoms with Crippen LogP contribution in [0.2, 0.25) is 0 Å². The van der Waals surface area contributed by atoms with Gasteiger partial charge >= 0.3 is 6.03 Å². The summed E-state index contributed by atoms with van der Waals surface area (Å²) in [5.74, 6) is -0.0447. The summed E-state index contributed by atoms with van der Waals surface area (Å²) in [5, 5.41) is 3.12. The van der Waals surface area contributed by atoms with E-state index in [1.165, 1.54) is 12.5 Å². The molecule has 1 fully saturated rings. The molecular weight excluding hydrogens is 330 g/mol. The van der Waals surface area contributed by atoms with Crippen LogP contribution >= 0.6 is 0 Å². The fourth-order valence-electron chi connectivity index (χ4n) is 3.24. The zero-order valence-electron chi connectivity index (χ0n) is 15.1. The van der Waals surface area contributed by atoms with E-state index in [9.17, 15) is 9.59 Å². The Morgan fingerprint density at radius 1 is 1.08 bits per heavy atom. The van der Waals surface area contributed by atoms with Crippen molar-refractivity contribution in [2.75, 3.05) is 26.2 Å². The number of hydrogen-bond acceptors (Lipinski definition) is 3. The Labute approximate surface area is 153 Å². The average Bonchev–Trinajstić information content (AvgIpc) is 3.10. The molecule has 3 rings (SSSR count). The van der Waals surface area contributed by atoms with Gasteiger partial charge in [0.25, 0.3) is 5.91 Å². The third-order valence-corrected chi connectivity index (χ3v) is 4.75. The van der Waals surface area contributed by atoms with Gasteiger partial charge in [0.15, 0.2) is 0 Å². The Kier molecular flexibility index (Phi) is 5.94. The predicted molar refractivity (Wildman–Crippen MR) is 98.8 cm³/mol. The van der Waals surface area contributed by atoms with E-state index in [0.717, 1.165) is 18.4 Å². The maximum absolute atomic E-state index is 12.7. The number of nitrogens with one attached hydrogen (secondary N) is 1. The van der Waals surface area contributed by atoms with Crippen LogP contribution in [0.25, 0.3) is 0 Å². The van der Waals surface area contributed by atoms with Crippen molar-refractivity contribution in [1.29, 1.82) is 0 Å². The molecule has 1 N–H and O–H groups in total. The summed E-state index contributed by atoms with van der Waals surface area (Å²) in [6, 6.07) is 11.6. The second kappa shape index (κ2) is 8.56. The topological polar surface area (TPSA) is 65.8 Å². The van der Waals surface area contributed by atoms with E-state index in [1.54, 1.807) is 15.9 Å². The third-order valence-electron chi connectivity index (χ3n) is 4.75. The molecule has 1 atom stereocenters. The van der Waals surface area contributed by atoms with Crippen LogP contribution in [0.15, 0.2) is 53.3 Å². The molecule has 1 aliphatic heterocycles. The van der Waals surface area contributed by atoms with Crippen molar-refractivity contribution in [2.24, 2.45) is 0 Å². The number of rotatable bonds is 4. The van der Waals surface area contributed by atoms with Crippen molar-refractivity contribution in [3.8, 4) is 0 Å². The first kappa shape index (κ1) is 18.0. The first-order chi connectivity index (χ1) is 12.7. The Morgan fingerprint density at radius 3 is 2.50 bits per heavy atom. The molecular formula is C20H25N3O3. The lowest BCUT2D eigenvalue weighted by Crippen LogP contribution is -2.43. The number of benzene rings is 1. The van der Waals surface area contributed by atoms with Gasteiger partial charge in [0.2, 0.25) is 0 Å². The number of carbonyl (C=O) groups excluding carboxylic acids is 2. The summed E-state index contributed by atoms with van der Waals surface area (Å²) in [7, 11) is 0. The van der Waals surface area contributed by atoms with E-state index in [1.807, 2.05) is 30.3 Å². The monoisotopic (exact) mass is 355 g/mol. The van der Waals surface area contributed by atoms with Gasteiger partial charge in [-0.25, -0.2) is 4.79 Å². The lowest BCUT2D eigenvalue weighted by atomic mass is 10.1. The van der Waals surface area contributed by atoms with Crippen molar-refractivity contribution in [3.05, 3.63) is 60.1 Å². The second-order valence-corrected chi connectivity index (χ2v) is 6.47. The molecule has 1 saturated heterocycles. The van der Waals surface area contributed by atoms with Gasteiger partial charge in [-0.05, 0) is 24.5 Å². The van der Waals surface area contributed by atoms with E-state index < -0.39 is 0 Å². The van der Waals surface area contributed by atoms with Crippen molar-refractivity contribution >= 4 is 11.9 Å². The maximum Gasteiger partial charge on any atom is 0.317 e. The van der Waals surface area contributed by atoms with Crippen LogP contribution in [0.5, 0.6) is 0 Å². The highest BCUT2D eigenvalue weighted by molar-refractivity contribution is 5.93. The van der Waals surface area contributed by atoms with Crippen LogP contribution in [0.4, 0.5) is 4.79 Å². The lowest BCUT2D eigenvalue weighted by Gasteiger charge is -2.25.